The van der Waals surface area contributed by atoms with E-state index in [9.17, 15) is 12.8 Å². The number of halogens is 2. The van der Waals surface area contributed by atoms with E-state index in [-0.39, 0.29) is 24.3 Å². The molecule has 1 aliphatic heterocycles. The Kier molecular flexibility index (Phi) is 5.57. The third kappa shape index (κ3) is 3.33. The molecule has 0 saturated carbocycles. The Morgan fingerprint density at radius 3 is 2.77 bits per heavy atom. The number of piperazine rings is 1. The minimum Gasteiger partial charge on any atom is -0.313 e. The second-order valence-electron chi connectivity index (χ2n) is 4.82. The van der Waals surface area contributed by atoms with Crippen LogP contribution in [0.3, 0.4) is 0 Å². The summed E-state index contributed by atoms with van der Waals surface area (Å²) in [6.45, 7) is 1.45. The van der Waals surface area contributed by atoms with E-state index in [1.807, 2.05) is 0 Å². The van der Waals surface area contributed by atoms with Crippen LogP contribution in [0.25, 0.3) is 0 Å². The van der Waals surface area contributed by atoms with Gasteiger partial charge in [0.15, 0.2) is 0 Å². The third-order valence-electron chi connectivity index (χ3n) is 3.49. The highest BCUT2D eigenvalue weighted by Crippen LogP contribution is 2.30. The molecule has 1 aromatic heterocycles. The lowest BCUT2D eigenvalue weighted by molar-refractivity contribution is 0.271. The molecule has 1 N–H and O–H groups in total. The Balaban J connectivity index is 0.00000176. The van der Waals surface area contributed by atoms with Crippen LogP contribution in [-0.2, 0) is 10.0 Å². The summed E-state index contributed by atoms with van der Waals surface area (Å²) in [6, 6.07) is 9.06. The van der Waals surface area contributed by atoms with E-state index < -0.39 is 10.0 Å². The van der Waals surface area contributed by atoms with Gasteiger partial charge in [-0.2, -0.15) is 4.31 Å². The van der Waals surface area contributed by atoms with Crippen LogP contribution in [0.2, 0.25) is 0 Å². The van der Waals surface area contributed by atoms with E-state index in [0.717, 1.165) is 0 Å². The Bertz CT molecular complexity index is 722. The van der Waals surface area contributed by atoms with E-state index in [2.05, 4.69) is 5.32 Å². The van der Waals surface area contributed by atoms with Crippen molar-refractivity contribution < 1.29 is 12.8 Å². The predicted molar refractivity (Wildman–Crippen MR) is 87.5 cm³/mol. The molecule has 4 nitrogen and oxygen atoms in total. The maximum absolute atomic E-state index is 13.4. The average molecular weight is 363 g/mol. The van der Waals surface area contributed by atoms with Crippen molar-refractivity contribution in [2.45, 2.75) is 10.3 Å². The van der Waals surface area contributed by atoms with Crippen LogP contribution < -0.4 is 5.32 Å². The summed E-state index contributed by atoms with van der Waals surface area (Å²) in [7, 11) is -3.54. The molecule has 1 aromatic carbocycles. The highest BCUT2D eigenvalue weighted by atomic mass is 35.5. The molecule has 1 aliphatic rings. The number of nitrogens with zero attached hydrogens (tertiary/aromatic N) is 1. The maximum Gasteiger partial charge on any atom is 0.253 e. The number of benzene rings is 1. The summed E-state index contributed by atoms with van der Waals surface area (Å²) in [5.41, 5.74) is 0.669. The van der Waals surface area contributed by atoms with E-state index >= 15 is 0 Å². The van der Waals surface area contributed by atoms with E-state index in [1.165, 1.54) is 27.8 Å². The average Bonchev–Trinajstić information content (AvgIpc) is 3.02. The Morgan fingerprint density at radius 1 is 1.27 bits per heavy atom. The molecule has 1 saturated heterocycles. The number of hydrogen-bond donors (Lipinski definition) is 1. The van der Waals surface area contributed by atoms with Crippen LogP contribution in [0.1, 0.15) is 11.6 Å². The molecular formula is C14H16ClFN2O2S2. The zero-order valence-electron chi connectivity index (χ0n) is 11.6. The monoisotopic (exact) mass is 362 g/mol. The van der Waals surface area contributed by atoms with Gasteiger partial charge in [-0.15, -0.1) is 23.7 Å². The molecule has 3 rings (SSSR count). The van der Waals surface area contributed by atoms with Gasteiger partial charge in [-0.3, -0.25) is 0 Å². The fraction of sp³-hybridized carbons (Fsp3) is 0.286. The lowest BCUT2D eigenvalue weighted by atomic mass is 10.1. The van der Waals surface area contributed by atoms with Crippen molar-refractivity contribution in [1.29, 1.82) is 0 Å². The normalized spacial score (nSPS) is 19.6. The molecular weight excluding hydrogens is 347 g/mol. The van der Waals surface area contributed by atoms with Gasteiger partial charge in [-0.05, 0) is 29.1 Å². The first-order valence-corrected chi connectivity index (χ1v) is 8.92. The van der Waals surface area contributed by atoms with Crippen molar-refractivity contribution in [3.8, 4) is 0 Å². The SMILES string of the molecule is Cl.O=S(=O)(c1cccs1)N1CCNCC1c1cccc(F)c1. The third-order valence-corrected chi connectivity index (χ3v) is 6.77. The Morgan fingerprint density at radius 2 is 2.09 bits per heavy atom. The summed E-state index contributed by atoms with van der Waals surface area (Å²) in [5, 5.41) is 4.92. The second-order valence-corrected chi connectivity index (χ2v) is 7.89. The standard InChI is InChI=1S/C14H15FN2O2S2.ClH/c15-12-4-1-3-11(9-12)13-10-16-6-7-17(13)21(18,19)14-5-2-8-20-14;/h1-5,8-9,13,16H,6-7,10H2;1H. The molecule has 1 fully saturated rings. The molecule has 0 aliphatic carbocycles. The topological polar surface area (TPSA) is 49.4 Å². The molecule has 0 radical (unpaired) electrons. The van der Waals surface area contributed by atoms with Crippen LogP contribution in [0, 0.1) is 5.82 Å². The molecule has 0 amide bonds. The molecule has 1 atom stereocenters. The van der Waals surface area contributed by atoms with Gasteiger partial charge in [0, 0.05) is 19.6 Å². The van der Waals surface area contributed by atoms with E-state index in [1.54, 1.807) is 29.6 Å². The maximum atomic E-state index is 13.4. The summed E-state index contributed by atoms with van der Waals surface area (Å²) in [4.78, 5) is 0. The van der Waals surface area contributed by atoms with Crippen LogP contribution in [0.5, 0.6) is 0 Å². The largest absolute Gasteiger partial charge is 0.313 e. The number of rotatable bonds is 3. The fourth-order valence-corrected chi connectivity index (χ4v) is 5.23. The summed E-state index contributed by atoms with van der Waals surface area (Å²) >= 11 is 1.20. The minimum atomic E-state index is -3.54. The first kappa shape index (κ1) is 17.4. The van der Waals surface area contributed by atoms with Gasteiger partial charge in [0.1, 0.15) is 10.0 Å². The van der Waals surface area contributed by atoms with E-state index in [0.29, 0.717) is 29.4 Å². The summed E-state index contributed by atoms with van der Waals surface area (Å²) in [5.74, 6) is -0.355. The summed E-state index contributed by atoms with van der Waals surface area (Å²) < 4.78 is 40.7. The fourth-order valence-electron chi connectivity index (χ4n) is 2.50. The molecule has 2 aromatic rings. The van der Waals surface area contributed by atoms with Gasteiger partial charge in [0.05, 0.1) is 6.04 Å². The number of thiophene rings is 1. The zero-order chi connectivity index (χ0) is 14.9. The highest BCUT2D eigenvalue weighted by molar-refractivity contribution is 7.91. The Hall–Kier alpha value is -0.990. The summed E-state index contributed by atoms with van der Waals surface area (Å²) in [6.07, 6.45) is 0. The highest BCUT2D eigenvalue weighted by Gasteiger charge is 2.34. The molecule has 1 unspecified atom stereocenters. The van der Waals surface area contributed by atoms with Gasteiger partial charge in [-0.25, -0.2) is 12.8 Å². The number of hydrogen-bond acceptors (Lipinski definition) is 4. The number of nitrogens with one attached hydrogen (secondary N) is 1. The van der Waals surface area contributed by atoms with Crippen molar-refractivity contribution in [3.63, 3.8) is 0 Å². The van der Waals surface area contributed by atoms with Crippen molar-refractivity contribution in [1.82, 2.24) is 9.62 Å². The first-order valence-electron chi connectivity index (χ1n) is 6.60. The second kappa shape index (κ2) is 7.06. The molecule has 0 bridgehead atoms. The minimum absolute atomic E-state index is 0. The van der Waals surface area contributed by atoms with Crippen molar-refractivity contribution in [2.24, 2.45) is 0 Å². The van der Waals surface area contributed by atoms with Crippen molar-refractivity contribution in [2.75, 3.05) is 19.6 Å². The quantitative estimate of drug-likeness (QED) is 0.913. The van der Waals surface area contributed by atoms with Gasteiger partial charge < -0.3 is 5.32 Å². The molecule has 8 heteroatoms. The molecule has 2 heterocycles. The van der Waals surface area contributed by atoms with Gasteiger partial charge in [-0.1, -0.05) is 18.2 Å². The van der Waals surface area contributed by atoms with Crippen LogP contribution in [0.15, 0.2) is 46.0 Å². The smallest absolute Gasteiger partial charge is 0.253 e. The number of sulfonamides is 1. The molecule has 0 spiro atoms. The van der Waals surface area contributed by atoms with Crippen molar-refractivity contribution in [3.05, 3.63) is 53.2 Å². The van der Waals surface area contributed by atoms with Gasteiger partial charge in [0.2, 0.25) is 0 Å². The van der Waals surface area contributed by atoms with Crippen molar-refractivity contribution >= 4 is 33.8 Å². The predicted octanol–water partition coefficient (Wildman–Crippen LogP) is 2.64. The van der Waals surface area contributed by atoms with Crippen LogP contribution >= 0.6 is 23.7 Å². The van der Waals surface area contributed by atoms with Gasteiger partial charge in [0.25, 0.3) is 10.0 Å². The van der Waals surface area contributed by atoms with Crippen LogP contribution in [-0.4, -0.2) is 32.4 Å². The van der Waals surface area contributed by atoms with E-state index in [4.69, 9.17) is 0 Å². The first-order chi connectivity index (χ1) is 10.1. The molecule has 22 heavy (non-hydrogen) atoms. The molecule has 120 valence electrons. The van der Waals surface area contributed by atoms with Crippen LogP contribution in [0.4, 0.5) is 4.39 Å². The zero-order valence-corrected chi connectivity index (χ0v) is 14.1. The lowest BCUT2D eigenvalue weighted by Crippen LogP contribution is -2.48. The Labute approximate surface area is 139 Å². The van der Waals surface area contributed by atoms with Gasteiger partial charge >= 0.3 is 0 Å². The lowest BCUT2D eigenvalue weighted by Gasteiger charge is -2.35.